The van der Waals surface area contributed by atoms with Gasteiger partial charge in [0.15, 0.2) is 0 Å². The van der Waals surface area contributed by atoms with Crippen LogP contribution in [0.15, 0.2) is 18.2 Å². The van der Waals surface area contributed by atoms with Gasteiger partial charge in [-0.15, -0.1) is 0 Å². The summed E-state index contributed by atoms with van der Waals surface area (Å²) in [4.78, 5) is 3.25. The molecule has 0 saturated carbocycles. The second-order valence-corrected chi connectivity index (χ2v) is 4.29. The molecule has 0 bridgehead atoms. The van der Waals surface area contributed by atoms with E-state index < -0.39 is 17.4 Å². The quantitative estimate of drug-likeness (QED) is 0.675. The van der Waals surface area contributed by atoms with Gasteiger partial charge in [-0.1, -0.05) is 6.07 Å². The van der Waals surface area contributed by atoms with Crippen molar-refractivity contribution in [3.05, 3.63) is 23.9 Å². The van der Waals surface area contributed by atoms with Gasteiger partial charge in [-0.3, -0.25) is 0 Å². The third-order valence-electron chi connectivity index (χ3n) is 1.71. The standard InChI is InChI=1S/C9H8F6N2S/c10-8(11,12)6-2-1-3-7(17-6)16-4-5-18-9(13,14)15/h1-3H,4-5H2,(H,16,17). The lowest BCUT2D eigenvalue weighted by Gasteiger charge is -2.10. The number of anilines is 1. The molecule has 0 unspecified atom stereocenters. The maximum Gasteiger partial charge on any atom is 0.441 e. The number of halogens is 6. The van der Waals surface area contributed by atoms with Gasteiger partial charge >= 0.3 is 11.7 Å². The van der Waals surface area contributed by atoms with Crippen LogP contribution in [0, 0.1) is 0 Å². The largest absolute Gasteiger partial charge is 0.441 e. The van der Waals surface area contributed by atoms with Gasteiger partial charge in [0, 0.05) is 12.3 Å². The molecule has 1 aromatic rings. The normalized spacial score (nSPS) is 12.6. The first-order valence-corrected chi connectivity index (χ1v) is 5.66. The molecule has 0 spiro atoms. The lowest BCUT2D eigenvalue weighted by molar-refractivity contribution is -0.141. The Morgan fingerprint density at radius 3 is 2.33 bits per heavy atom. The Bertz CT molecular complexity index is 389. The minimum atomic E-state index is -4.57. The summed E-state index contributed by atoms with van der Waals surface area (Å²) in [5.41, 5.74) is -5.43. The molecule has 2 nitrogen and oxygen atoms in total. The van der Waals surface area contributed by atoms with Crippen LogP contribution in [0.2, 0.25) is 0 Å². The number of nitrogens with one attached hydrogen (secondary N) is 1. The first-order chi connectivity index (χ1) is 8.18. The Labute approximate surface area is 103 Å². The van der Waals surface area contributed by atoms with Gasteiger partial charge in [-0.25, -0.2) is 4.98 Å². The van der Waals surface area contributed by atoms with Crippen LogP contribution in [-0.2, 0) is 6.18 Å². The van der Waals surface area contributed by atoms with Crippen molar-refractivity contribution in [3.63, 3.8) is 0 Å². The molecule has 1 rings (SSSR count). The molecule has 0 fully saturated rings. The third-order valence-corrected chi connectivity index (χ3v) is 2.45. The number of hydrogen-bond donors (Lipinski definition) is 1. The number of pyridine rings is 1. The Kier molecular flexibility index (Phi) is 4.71. The number of thioether (sulfide) groups is 1. The van der Waals surface area contributed by atoms with Gasteiger partial charge in [0.05, 0.1) is 0 Å². The van der Waals surface area contributed by atoms with Crippen LogP contribution in [0.4, 0.5) is 32.2 Å². The van der Waals surface area contributed by atoms with Crippen LogP contribution in [0.25, 0.3) is 0 Å². The van der Waals surface area contributed by atoms with Gasteiger partial charge in [0.2, 0.25) is 0 Å². The summed E-state index contributed by atoms with van der Waals surface area (Å²) in [5, 5.41) is 2.40. The highest BCUT2D eigenvalue weighted by atomic mass is 32.2. The fourth-order valence-electron chi connectivity index (χ4n) is 1.04. The van der Waals surface area contributed by atoms with Crippen LogP contribution < -0.4 is 5.32 Å². The molecular formula is C9H8F6N2S. The second kappa shape index (κ2) is 5.68. The van der Waals surface area contributed by atoms with Gasteiger partial charge in [-0.2, -0.15) is 26.3 Å². The van der Waals surface area contributed by atoms with Gasteiger partial charge < -0.3 is 5.32 Å². The topological polar surface area (TPSA) is 24.9 Å². The zero-order chi connectivity index (χ0) is 13.8. The van der Waals surface area contributed by atoms with Crippen LogP contribution in [0.3, 0.4) is 0 Å². The molecule has 1 aromatic heterocycles. The Morgan fingerprint density at radius 2 is 1.78 bits per heavy atom. The van der Waals surface area contributed by atoms with E-state index in [0.717, 1.165) is 12.1 Å². The maximum absolute atomic E-state index is 12.3. The minimum absolute atomic E-state index is 0.104. The summed E-state index contributed by atoms with van der Waals surface area (Å²) in [6, 6.07) is 3.18. The van der Waals surface area contributed by atoms with Crippen LogP contribution in [-0.4, -0.2) is 22.8 Å². The molecule has 9 heteroatoms. The molecule has 0 aliphatic carbocycles. The van der Waals surface area contributed by atoms with E-state index in [1.165, 1.54) is 6.07 Å². The minimum Gasteiger partial charge on any atom is -0.369 e. The fraction of sp³-hybridized carbons (Fsp3) is 0.444. The second-order valence-electron chi connectivity index (χ2n) is 3.13. The van der Waals surface area contributed by atoms with E-state index in [1.54, 1.807) is 0 Å². The van der Waals surface area contributed by atoms with Crippen molar-refractivity contribution >= 4 is 17.6 Å². The summed E-state index contributed by atoms with van der Waals surface area (Å²) in [7, 11) is 0. The summed E-state index contributed by atoms with van der Waals surface area (Å²) in [6.45, 7) is -0.127. The van der Waals surface area contributed by atoms with Crippen molar-refractivity contribution in [1.82, 2.24) is 4.98 Å². The lowest BCUT2D eigenvalue weighted by Crippen LogP contribution is -2.13. The van der Waals surface area contributed by atoms with E-state index >= 15 is 0 Å². The maximum atomic E-state index is 12.3. The van der Waals surface area contributed by atoms with Crippen molar-refractivity contribution in [2.24, 2.45) is 0 Å². The Morgan fingerprint density at radius 1 is 1.11 bits per heavy atom. The summed E-state index contributed by atoms with van der Waals surface area (Å²) in [5.74, 6) is -0.408. The first kappa shape index (κ1) is 14.9. The molecule has 0 amide bonds. The van der Waals surface area contributed by atoms with E-state index in [0.29, 0.717) is 0 Å². The lowest BCUT2D eigenvalue weighted by atomic mass is 10.3. The van der Waals surface area contributed by atoms with Crippen molar-refractivity contribution in [2.75, 3.05) is 17.6 Å². The first-order valence-electron chi connectivity index (χ1n) is 4.67. The number of aromatic nitrogens is 1. The van der Waals surface area contributed by atoms with Crippen molar-refractivity contribution in [3.8, 4) is 0 Å². The van der Waals surface area contributed by atoms with Crippen molar-refractivity contribution < 1.29 is 26.3 Å². The Hall–Kier alpha value is -1.12. The predicted molar refractivity (Wildman–Crippen MR) is 56.2 cm³/mol. The molecule has 0 radical (unpaired) electrons. The zero-order valence-corrected chi connectivity index (χ0v) is 9.59. The molecule has 0 saturated heterocycles. The molecule has 0 aromatic carbocycles. The van der Waals surface area contributed by atoms with Gasteiger partial charge in [-0.05, 0) is 23.9 Å². The van der Waals surface area contributed by atoms with E-state index in [-0.39, 0.29) is 29.9 Å². The van der Waals surface area contributed by atoms with Gasteiger partial charge in [0.1, 0.15) is 11.5 Å². The molecule has 102 valence electrons. The van der Waals surface area contributed by atoms with E-state index in [9.17, 15) is 26.3 Å². The van der Waals surface area contributed by atoms with E-state index in [4.69, 9.17) is 0 Å². The average Bonchev–Trinajstić information content (AvgIpc) is 2.22. The van der Waals surface area contributed by atoms with E-state index in [1.807, 2.05) is 0 Å². The smallest absolute Gasteiger partial charge is 0.369 e. The average molecular weight is 290 g/mol. The molecule has 18 heavy (non-hydrogen) atoms. The highest BCUT2D eigenvalue weighted by Crippen LogP contribution is 2.30. The number of alkyl halides is 6. The number of nitrogens with zero attached hydrogens (tertiary/aromatic N) is 1. The van der Waals surface area contributed by atoms with Crippen molar-refractivity contribution in [2.45, 2.75) is 11.7 Å². The molecular weight excluding hydrogens is 282 g/mol. The predicted octanol–water partition coefficient (Wildman–Crippen LogP) is 3.77. The molecule has 0 aliphatic heterocycles. The van der Waals surface area contributed by atoms with Crippen molar-refractivity contribution in [1.29, 1.82) is 0 Å². The zero-order valence-electron chi connectivity index (χ0n) is 8.77. The van der Waals surface area contributed by atoms with Crippen LogP contribution in [0.1, 0.15) is 5.69 Å². The van der Waals surface area contributed by atoms with Crippen LogP contribution in [0.5, 0.6) is 0 Å². The monoisotopic (exact) mass is 290 g/mol. The SMILES string of the molecule is FC(F)(F)SCCNc1cccc(C(F)(F)F)n1. The van der Waals surface area contributed by atoms with E-state index in [2.05, 4.69) is 10.3 Å². The molecule has 1 N–H and O–H groups in total. The summed E-state index contributed by atoms with van der Waals surface area (Å²) >= 11 is -0.250. The summed E-state index contributed by atoms with van der Waals surface area (Å²) in [6.07, 6.45) is -4.57. The number of rotatable bonds is 4. The van der Waals surface area contributed by atoms with Gasteiger partial charge in [0.25, 0.3) is 0 Å². The molecule has 1 heterocycles. The van der Waals surface area contributed by atoms with Crippen LogP contribution >= 0.6 is 11.8 Å². The summed E-state index contributed by atoms with van der Waals surface area (Å²) < 4.78 is 72.1. The molecule has 0 atom stereocenters. The Balaban J connectivity index is 2.49. The highest BCUT2D eigenvalue weighted by Gasteiger charge is 2.32. The molecule has 0 aliphatic rings. The fourth-order valence-corrected chi connectivity index (χ4v) is 1.47. The third kappa shape index (κ3) is 5.48. The number of hydrogen-bond acceptors (Lipinski definition) is 3. The highest BCUT2D eigenvalue weighted by molar-refractivity contribution is 8.00.